The predicted molar refractivity (Wildman–Crippen MR) is 73.6 cm³/mol. The first-order valence-corrected chi connectivity index (χ1v) is 6.77. The van der Waals surface area contributed by atoms with Crippen LogP contribution in [0.4, 0.5) is 4.79 Å². The lowest BCUT2D eigenvalue weighted by Gasteiger charge is -2.19. The minimum Gasteiger partial charge on any atom is -0.497 e. The monoisotopic (exact) mass is 277 g/mol. The van der Waals surface area contributed by atoms with Gasteiger partial charge in [-0.25, -0.2) is 9.69 Å². The third-order valence-electron chi connectivity index (χ3n) is 3.32. The Morgan fingerprint density at radius 3 is 2.70 bits per heavy atom. The van der Waals surface area contributed by atoms with Gasteiger partial charge in [0.25, 0.3) is 0 Å². The van der Waals surface area contributed by atoms with Gasteiger partial charge < -0.3 is 9.47 Å². The number of imide groups is 1. The van der Waals surface area contributed by atoms with Gasteiger partial charge in [-0.1, -0.05) is 19.1 Å². The van der Waals surface area contributed by atoms with Crippen molar-refractivity contribution in [1.82, 2.24) is 4.90 Å². The number of methoxy groups -OCH3 is 1. The molecule has 108 valence electrons. The molecule has 5 heteroatoms. The molecule has 1 unspecified atom stereocenters. The maximum atomic E-state index is 12.0. The van der Waals surface area contributed by atoms with Gasteiger partial charge in [0.1, 0.15) is 12.4 Å². The smallest absolute Gasteiger partial charge is 0.416 e. The zero-order valence-corrected chi connectivity index (χ0v) is 11.8. The SMILES string of the molecule is CCCC(=O)N1C(=O)OCC1Cc1ccc(OC)cc1. The van der Waals surface area contributed by atoms with Crippen molar-refractivity contribution in [3.63, 3.8) is 0 Å². The molecule has 5 nitrogen and oxygen atoms in total. The summed E-state index contributed by atoms with van der Waals surface area (Å²) in [6.45, 7) is 2.18. The molecule has 0 aromatic heterocycles. The van der Waals surface area contributed by atoms with Crippen LogP contribution in [0.25, 0.3) is 0 Å². The molecule has 0 radical (unpaired) electrons. The van der Waals surface area contributed by atoms with E-state index in [4.69, 9.17) is 9.47 Å². The number of rotatable bonds is 5. The summed E-state index contributed by atoms with van der Waals surface area (Å²) in [5.41, 5.74) is 1.04. The first kappa shape index (κ1) is 14.4. The van der Waals surface area contributed by atoms with E-state index in [0.717, 1.165) is 17.7 Å². The Labute approximate surface area is 118 Å². The average Bonchev–Trinajstić information content (AvgIpc) is 2.81. The Bertz CT molecular complexity index is 483. The molecule has 0 saturated carbocycles. The molecular weight excluding hydrogens is 258 g/mol. The van der Waals surface area contributed by atoms with Crippen LogP contribution in [0.2, 0.25) is 0 Å². The van der Waals surface area contributed by atoms with Crippen LogP contribution in [0.1, 0.15) is 25.3 Å². The van der Waals surface area contributed by atoms with Crippen LogP contribution in [0.15, 0.2) is 24.3 Å². The number of ether oxygens (including phenoxy) is 2. The number of carbonyl (C=O) groups excluding carboxylic acids is 2. The second-order valence-corrected chi connectivity index (χ2v) is 4.80. The summed E-state index contributed by atoms with van der Waals surface area (Å²) >= 11 is 0. The topological polar surface area (TPSA) is 55.8 Å². The van der Waals surface area contributed by atoms with Gasteiger partial charge in [0.05, 0.1) is 13.2 Å². The summed E-state index contributed by atoms with van der Waals surface area (Å²) in [6, 6.07) is 7.39. The molecule has 0 bridgehead atoms. The Kier molecular flexibility index (Phi) is 4.61. The lowest BCUT2D eigenvalue weighted by molar-refractivity contribution is -0.129. The summed E-state index contributed by atoms with van der Waals surface area (Å²) < 4.78 is 10.1. The summed E-state index contributed by atoms with van der Waals surface area (Å²) in [7, 11) is 1.61. The third kappa shape index (κ3) is 3.10. The standard InChI is InChI=1S/C15H19NO4/c1-3-4-14(17)16-12(10-20-15(16)18)9-11-5-7-13(19-2)8-6-11/h5-8,12H,3-4,9-10H2,1-2H3. The van der Waals surface area contributed by atoms with Gasteiger partial charge >= 0.3 is 6.09 Å². The summed E-state index contributed by atoms with van der Waals surface area (Å²) in [6.07, 6.45) is 1.17. The Balaban J connectivity index is 2.06. The largest absolute Gasteiger partial charge is 0.497 e. The highest BCUT2D eigenvalue weighted by Crippen LogP contribution is 2.20. The van der Waals surface area contributed by atoms with Crippen molar-refractivity contribution in [3.05, 3.63) is 29.8 Å². The molecule has 1 aromatic rings. The molecule has 1 saturated heterocycles. The lowest BCUT2D eigenvalue weighted by Crippen LogP contribution is -2.40. The zero-order chi connectivity index (χ0) is 14.5. The van der Waals surface area contributed by atoms with Crippen molar-refractivity contribution in [2.75, 3.05) is 13.7 Å². The molecule has 1 heterocycles. The van der Waals surface area contributed by atoms with Crippen molar-refractivity contribution in [3.8, 4) is 5.75 Å². The van der Waals surface area contributed by atoms with Gasteiger partial charge in [0, 0.05) is 6.42 Å². The van der Waals surface area contributed by atoms with Crippen molar-refractivity contribution in [1.29, 1.82) is 0 Å². The number of amides is 2. The van der Waals surface area contributed by atoms with Gasteiger partial charge in [-0.3, -0.25) is 4.79 Å². The Morgan fingerprint density at radius 2 is 2.10 bits per heavy atom. The summed E-state index contributed by atoms with van der Waals surface area (Å²) in [5, 5.41) is 0. The Hall–Kier alpha value is -2.04. The number of carbonyl (C=O) groups is 2. The number of cyclic esters (lactones) is 1. The van der Waals surface area contributed by atoms with Crippen molar-refractivity contribution in [2.24, 2.45) is 0 Å². The van der Waals surface area contributed by atoms with E-state index in [1.165, 1.54) is 4.90 Å². The molecule has 0 spiro atoms. The average molecular weight is 277 g/mol. The zero-order valence-electron chi connectivity index (χ0n) is 11.8. The number of benzene rings is 1. The van der Waals surface area contributed by atoms with Crippen molar-refractivity contribution in [2.45, 2.75) is 32.2 Å². The minimum absolute atomic E-state index is 0.159. The van der Waals surface area contributed by atoms with Gasteiger partial charge in [-0.15, -0.1) is 0 Å². The fourth-order valence-corrected chi connectivity index (χ4v) is 2.28. The van der Waals surface area contributed by atoms with Gasteiger partial charge in [0.2, 0.25) is 5.91 Å². The van der Waals surface area contributed by atoms with Crippen LogP contribution in [-0.2, 0) is 16.0 Å². The van der Waals surface area contributed by atoms with E-state index >= 15 is 0 Å². The molecule has 1 aliphatic rings. The van der Waals surface area contributed by atoms with Crippen LogP contribution in [0.3, 0.4) is 0 Å². The normalized spacial score (nSPS) is 18.0. The molecule has 1 fully saturated rings. The maximum absolute atomic E-state index is 12.0. The highest BCUT2D eigenvalue weighted by atomic mass is 16.6. The number of hydrogen-bond donors (Lipinski definition) is 0. The van der Waals surface area contributed by atoms with Crippen LogP contribution in [-0.4, -0.2) is 36.7 Å². The number of nitrogens with zero attached hydrogens (tertiary/aromatic N) is 1. The van der Waals surface area contributed by atoms with E-state index in [1.54, 1.807) is 7.11 Å². The molecule has 1 aromatic carbocycles. The van der Waals surface area contributed by atoms with Crippen molar-refractivity contribution >= 4 is 12.0 Å². The predicted octanol–water partition coefficient (Wildman–Crippen LogP) is 2.39. The molecule has 1 atom stereocenters. The first-order valence-electron chi connectivity index (χ1n) is 6.77. The number of hydrogen-bond acceptors (Lipinski definition) is 4. The van der Waals surface area contributed by atoms with Crippen LogP contribution in [0.5, 0.6) is 5.75 Å². The maximum Gasteiger partial charge on any atom is 0.416 e. The van der Waals surface area contributed by atoms with Crippen LogP contribution in [0, 0.1) is 0 Å². The lowest BCUT2D eigenvalue weighted by atomic mass is 10.1. The quantitative estimate of drug-likeness (QED) is 0.829. The molecule has 1 aliphatic heterocycles. The van der Waals surface area contributed by atoms with Crippen molar-refractivity contribution < 1.29 is 19.1 Å². The van der Waals surface area contributed by atoms with E-state index in [1.807, 2.05) is 31.2 Å². The second-order valence-electron chi connectivity index (χ2n) is 4.80. The highest BCUT2D eigenvalue weighted by Gasteiger charge is 2.37. The van der Waals surface area contributed by atoms with Gasteiger partial charge in [-0.05, 0) is 30.5 Å². The van der Waals surface area contributed by atoms with E-state index in [9.17, 15) is 9.59 Å². The van der Waals surface area contributed by atoms with E-state index in [2.05, 4.69) is 0 Å². The minimum atomic E-state index is -0.526. The van der Waals surface area contributed by atoms with Gasteiger partial charge in [0.15, 0.2) is 0 Å². The van der Waals surface area contributed by atoms with Crippen LogP contribution < -0.4 is 4.74 Å². The highest BCUT2D eigenvalue weighted by molar-refractivity contribution is 5.93. The van der Waals surface area contributed by atoms with E-state index in [0.29, 0.717) is 12.8 Å². The molecular formula is C15H19NO4. The van der Waals surface area contributed by atoms with E-state index < -0.39 is 6.09 Å². The fourth-order valence-electron chi connectivity index (χ4n) is 2.28. The second kappa shape index (κ2) is 6.41. The van der Waals surface area contributed by atoms with E-state index in [-0.39, 0.29) is 18.6 Å². The Morgan fingerprint density at radius 1 is 1.40 bits per heavy atom. The van der Waals surface area contributed by atoms with Gasteiger partial charge in [-0.2, -0.15) is 0 Å². The molecule has 20 heavy (non-hydrogen) atoms. The molecule has 0 N–H and O–H groups in total. The molecule has 0 aliphatic carbocycles. The molecule has 2 rings (SSSR count). The third-order valence-corrected chi connectivity index (χ3v) is 3.32. The fraction of sp³-hybridized carbons (Fsp3) is 0.467. The summed E-state index contributed by atoms with van der Waals surface area (Å²) in [5.74, 6) is 0.625. The molecule has 2 amide bonds. The van der Waals surface area contributed by atoms with Crippen LogP contribution >= 0.6 is 0 Å². The summed E-state index contributed by atoms with van der Waals surface area (Å²) in [4.78, 5) is 24.9. The first-order chi connectivity index (χ1) is 9.65.